The second kappa shape index (κ2) is 3.99. The van der Waals surface area contributed by atoms with Gasteiger partial charge < -0.3 is 9.84 Å². The number of halogens is 1. The van der Waals surface area contributed by atoms with E-state index in [9.17, 15) is 4.79 Å². The maximum atomic E-state index is 10.4. The van der Waals surface area contributed by atoms with Crippen LogP contribution in [-0.4, -0.2) is 22.7 Å². The topological polar surface area (TPSA) is 46.5 Å². The molecular weight excluding hydrogens is 180 g/mol. The lowest BCUT2D eigenvalue weighted by atomic mass is 9.86. The van der Waals surface area contributed by atoms with E-state index in [2.05, 4.69) is 0 Å². The number of rotatable bonds is 2. The van der Waals surface area contributed by atoms with Crippen LogP contribution in [0.5, 0.6) is 0 Å². The normalized spacial score (nSPS) is 21.8. The van der Waals surface area contributed by atoms with Gasteiger partial charge in [0.1, 0.15) is 5.60 Å². The minimum atomic E-state index is -1.21. The van der Waals surface area contributed by atoms with Gasteiger partial charge in [-0.3, -0.25) is 0 Å². The van der Waals surface area contributed by atoms with E-state index in [1.54, 1.807) is 0 Å². The third-order valence-electron chi connectivity index (χ3n) is 2.31. The molecule has 12 heavy (non-hydrogen) atoms. The van der Waals surface area contributed by atoms with Crippen molar-refractivity contribution >= 4 is 17.8 Å². The van der Waals surface area contributed by atoms with Gasteiger partial charge in [-0.1, -0.05) is 6.42 Å². The molecule has 1 aliphatic rings. The monoisotopic (exact) mass is 192 g/mol. The van der Waals surface area contributed by atoms with E-state index in [1.165, 1.54) is 0 Å². The zero-order valence-electron chi connectivity index (χ0n) is 6.88. The Balaban J connectivity index is 2.53. The standard InChI is InChI=1S/C8H13ClO3/c9-6-8(12-7(10)11)4-2-1-3-5-8/h1-6H2,(H,10,11). The molecule has 1 fully saturated rings. The van der Waals surface area contributed by atoms with E-state index in [0.29, 0.717) is 0 Å². The van der Waals surface area contributed by atoms with E-state index in [1.807, 2.05) is 0 Å². The Morgan fingerprint density at radius 1 is 1.42 bits per heavy atom. The lowest BCUT2D eigenvalue weighted by Crippen LogP contribution is -2.38. The number of carbonyl (C=O) groups is 1. The van der Waals surface area contributed by atoms with Crippen molar-refractivity contribution in [1.82, 2.24) is 0 Å². The molecule has 1 aliphatic carbocycles. The SMILES string of the molecule is O=C(O)OC1(CCl)CCCCC1. The molecule has 0 radical (unpaired) electrons. The zero-order valence-corrected chi connectivity index (χ0v) is 7.64. The Morgan fingerprint density at radius 3 is 2.42 bits per heavy atom. The molecular formula is C8H13ClO3. The number of hydrogen-bond donors (Lipinski definition) is 1. The summed E-state index contributed by atoms with van der Waals surface area (Å²) < 4.78 is 4.81. The quantitative estimate of drug-likeness (QED) is 0.541. The highest BCUT2D eigenvalue weighted by atomic mass is 35.5. The number of alkyl halides is 1. The second-order valence-electron chi connectivity index (χ2n) is 3.25. The van der Waals surface area contributed by atoms with Crippen LogP contribution in [0.15, 0.2) is 0 Å². The molecule has 70 valence electrons. The number of hydrogen-bond acceptors (Lipinski definition) is 2. The first-order valence-electron chi connectivity index (χ1n) is 4.16. The third-order valence-corrected chi connectivity index (χ3v) is 2.80. The van der Waals surface area contributed by atoms with Crippen LogP contribution >= 0.6 is 11.6 Å². The van der Waals surface area contributed by atoms with Crippen LogP contribution in [0.1, 0.15) is 32.1 Å². The molecule has 0 bridgehead atoms. The Bertz CT molecular complexity index is 164. The van der Waals surface area contributed by atoms with Crippen LogP contribution in [0.25, 0.3) is 0 Å². The Morgan fingerprint density at radius 2 is 2.00 bits per heavy atom. The summed E-state index contributed by atoms with van der Waals surface area (Å²) in [6, 6.07) is 0. The van der Waals surface area contributed by atoms with E-state index in [4.69, 9.17) is 21.4 Å². The van der Waals surface area contributed by atoms with E-state index in [0.717, 1.165) is 32.1 Å². The highest BCUT2D eigenvalue weighted by Crippen LogP contribution is 2.32. The summed E-state index contributed by atoms with van der Waals surface area (Å²) in [4.78, 5) is 10.4. The van der Waals surface area contributed by atoms with Crippen LogP contribution < -0.4 is 0 Å². The Kier molecular flexibility index (Phi) is 3.20. The molecule has 1 N–H and O–H groups in total. The van der Waals surface area contributed by atoms with E-state index < -0.39 is 11.8 Å². The summed E-state index contributed by atoms with van der Waals surface area (Å²) in [6.45, 7) is 0. The van der Waals surface area contributed by atoms with Gasteiger partial charge in [-0.25, -0.2) is 4.79 Å². The number of ether oxygens (including phenoxy) is 1. The lowest BCUT2D eigenvalue weighted by Gasteiger charge is -2.33. The van der Waals surface area contributed by atoms with E-state index >= 15 is 0 Å². The Labute approximate surface area is 76.7 Å². The maximum Gasteiger partial charge on any atom is 0.506 e. The molecule has 0 aromatic heterocycles. The summed E-state index contributed by atoms with van der Waals surface area (Å²) in [7, 11) is 0. The first-order valence-corrected chi connectivity index (χ1v) is 4.70. The molecule has 0 aromatic carbocycles. The predicted molar refractivity (Wildman–Crippen MR) is 45.6 cm³/mol. The third kappa shape index (κ3) is 2.27. The highest BCUT2D eigenvalue weighted by molar-refractivity contribution is 6.18. The van der Waals surface area contributed by atoms with Crippen LogP contribution in [-0.2, 0) is 4.74 Å². The fourth-order valence-corrected chi connectivity index (χ4v) is 1.97. The van der Waals surface area contributed by atoms with Crippen molar-refractivity contribution < 1.29 is 14.6 Å². The van der Waals surface area contributed by atoms with Gasteiger partial charge in [0.25, 0.3) is 0 Å². The highest BCUT2D eigenvalue weighted by Gasteiger charge is 2.35. The molecule has 0 spiro atoms. The predicted octanol–water partition coefficient (Wildman–Crippen LogP) is 2.62. The van der Waals surface area contributed by atoms with Gasteiger partial charge in [-0.05, 0) is 25.7 Å². The van der Waals surface area contributed by atoms with Crippen LogP contribution in [0.3, 0.4) is 0 Å². The molecule has 0 aliphatic heterocycles. The molecule has 4 heteroatoms. The summed E-state index contributed by atoms with van der Waals surface area (Å²) >= 11 is 5.69. The molecule has 0 aromatic rings. The van der Waals surface area contributed by atoms with Crippen LogP contribution in [0.2, 0.25) is 0 Å². The largest absolute Gasteiger partial charge is 0.506 e. The number of carboxylic acid groups (broad SMARTS) is 1. The van der Waals surface area contributed by atoms with E-state index in [-0.39, 0.29) is 5.88 Å². The molecule has 0 heterocycles. The summed E-state index contributed by atoms with van der Waals surface area (Å²) in [6.07, 6.45) is 3.50. The minimum Gasteiger partial charge on any atom is -0.450 e. The zero-order chi connectivity index (χ0) is 9.03. The van der Waals surface area contributed by atoms with Gasteiger partial charge in [0, 0.05) is 0 Å². The smallest absolute Gasteiger partial charge is 0.450 e. The Hall–Kier alpha value is -0.440. The van der Waals surface area contributed by atoms with Crippen molar-refractivity contribution in [1.29, 1.82) is 0 Å². The first-order chi connectivity index (χ1) is 5.68. The van der Waals surface area contributed by atoms with Gasteiger partial charge in [0.15, 0.2) is 0 Å². The van der Waals surface area contributed by atoms with Gasteiger partial charge in [-0.15, -0.1) is 11.6 Å². The van der Waals surface area contributed by atoms with Crippen molar-refractivity contribution in [2.75, 3.05) is 5.88 Å². The first kappa shape index (κ1) is 9.65. The molecule has 0 amide bonds. The van der Waals surface area contributed by atoms with Crippen molar-refractivity contribution in [3.63, 3.8) is 0 Å². The molecule has 3 nitrogen and oxygen atoms in total. The van der Waals surface area contributed by atoms with Crippen LogP contribution in [0.4, 0.5) is 4.79 Å². The molecule has 1 rings (SSSR count). The van der Waals surface area contributed by atoms with Crippen molar-refractivity contribution in [3.8, 4) is 0 Å². The van der Waals surface area contributed by atoms with Crippen molar-refractivity contribution in [2.45, 2.75) is 37.7 Å². The van der Waals surface area contributed by atoms with Crippen LogP contribution in [0, 0.1) is 0 Å². The van der Waals surface area contributed by atoms with Crippen molar-refractivity contribution in [2.24, 2.45) is 0 Å². The van der Waals surface area contributed by atoms with Gasteiger partial charge >= 0.3 is 6.16 Å². The minimum absolute atomic E-state index is 0.277. The van der Waals surface area contributed by atoms with Gasteiger partial charge in [0.05, 0.1) is 5.88 Å². The molecule has 0 atom stereocenters. The maximum absolute atomic E-state index is 10.4. The fourth-order valence-electron chi connectivity index (χ4n) is 1.64. The molecule has 1 saturated carbocycles. The average molecular weight is 193 g/mol. The lowest BCUT2D eigenvalue weighted by molar-refractivity contribution is -0.0266. The van der Waals surface area contributed by atoms with Gasteiger partial charge in [-0.2, -0.15) is 0 Å². The summed E-state index contributed by atoms with van der Waals surface area (Å²) in [5, 5.41) is 8.48. The molecule has 0 saturated heterocycles. The summed E-state index contributed by atoms with van der Waals surface area (Å²) in [5.41, 5.74) is -0.592. The fraction of sp³-hybridized carbons (Fsp3) is 0.875. The molecule has 0 unspecified atom stereocenters. The summed E-state index contributed by atoms with van der Waals surface area (Å²) in [5.74, 6) is 0.277. The second-order valence-corrected chi connectivity index (χ2v) is 3.51. The van der Waals surface area contributed by atoms with Crippen molar-refractivity contribution in [3.05, 3.63) is 0 Å². The van der Waals surface area contributed by atoms with Gasteiger partial charge in [0.2, 0.25) is 0 Å². The average Bonchev–Trinajstić information content (AvgIpc) is 2.05.